The first-order valence-electron chi connectivity index (χ1n) is 11.6. The predicted octanol–water partition coefficient (Wildman–Crippen LogP) is 4.21. The zero-order valence-electron chi connectivity index (χ0n) is 18.4. The maximum Gasteiger partial charge on any atom is 0.338 e. The molecule has 4 unspecified atom stereocenters. The Hall–Kier alpha value is -2.70. The molecule has 6 heteroatoms. The minimum absolute atomic E-state index is 0.0778. The van der Waals surface area contributed by atoms with Gasteiger partial charge in [-0.15, -0.1) is 0 Å². The van der Waals surface area contributed by atoms with Gasteiger partial charge in [-0.25, -0.2) is 9.59 Å². The van der Waals surface area contributed by atoms with Crippen LogP contribution in [0.5, 0.6) is 0 Å². The highest BCUT2D eigenvalue weighted by Gasteiger charge is 2.27. The van der Waals surface area contributed by atoms with Crippen LogP contribution in [-0.2, 0) is 9.47 Å². The summed E-state index contributed by atoms with van der Waals surface area (Å²) >= 11 is 0. The van der Waals surface area contributed by atoms with Crippen molar-refractivity contribution in [3.05, 3.63) is 59.7 Å². The van der Waals surface area contributed by atoms with Gasteiger partial charge in [0.15, 0.2) is 0 Å². The van der Waals surface area contributed by atoms with Crippen LogP contribution in [0.1, 0.15) is 72.1 Å². The highest BCUT2D eigenvalue weighted by Crippen LogP contribution is 2.25. The van der Waals surface area contributed by atoms with Gasteiger partial charge < -0.3 is 20.9 Å². The molecule has 0 amide bonds. The molecule has 0 saturated heterocycles. The zero-order valence-corrected chi connectivity index (χ0v) is 18.4. The molecule has 4 atom stereocenters. The lowest BCUT2D eigenvalue weighted by Gasteiger charge is -2.28. The van der Waals surface area contributed by atoms with Crippen molar-refractivity contribution in [2.75, 3.05) is 0 Å². The molecule has 2 saturated carbocycles. The molecule has 2 aromatic carbocycles. The second kappa shape index (κ2) is 10.3. The third-order valence-corrected chi connectivity index (χ3v) is 6.60. The van der Waals surface area contributed by atoms with Crippen molar-refractivity contribution in [3.63, 3.8) is 0 Å². The SMILES string of the molecule is NC1CCCCC1OC(=O)c1ccc(-c2ccc(C(=O)OC3CCCCC3N)cc2)cc1. The summed E-state index contributed by atoms with van der Waals surface area (Å²) in [6, 6.07) is 14.4. The normalized spacial score (nSPS) is 25.7. The maximum absolute atomic E-state index is 12.5. The second-order valence-corrected chi connectivity index (χ2v) is 8.94. The number of carbonyl (C=O) groups is 2. The van der Waals surface area contributed by atoms with Crippen molar-refractivity contribution in [3.8, 4) is 11.1 Å². The van der Waals surface area contributed by atoms with Crippen LogP contribution in [0.4, 0.5) is 0 Å². The number of esters is 2. The summed E-state index contributed by atoms with van der Waals surface area (Å²) in [4.78, 5) is 24.9. The molecule has 2 aliphatic carbocycles. The minimum atomic E-state index is -0.335. The van der Waals surface area contributed by atoms with E-state index in [9.17, 15) is 9.59 Å². The highest BCUT2D eigenvalue weighted by molar-refractivity contribution is 5.91. The fraction of sp³-hybridized carbons (Fsp3) is 0.462. The van der Waals surface area contributed by atoms with Crippen molar-refractivity contribution in [1.29, 1.82) is 0 Å². The van der Waals surface area contributed by atoms with Crippen LogP contribution in [0.25, 0.3) is 11.1 Å². The molecular weight excluding hydrogens is 404 g/mol. The van der Waals surface area contributed by atoms with E-state index in [0.29, 0.717) is 11.1 Å². The number of benzene rings is 2. The van der Waals surface area contributed by atoms with Gasteiger partial charge in [-0.2, -0.15) is 0 Å². The van der Waals surface area contributed by atoms with Gasteiger partial charge in [0.05, 0.1) is 11.1 Å². The Balaban J connectivity index is 1.36. The van der Waals surface area contributed by atoms with Gasteiger partial charge in [0, 0.05) is 12.1 Å². The fourth-order valence-electron chi connectivity index (χ4n) is 4.55. The lowest BCUT2D eigenvalue weighted by atomic mass is 9.93. The van der Waals surface area contributed by atoms with Crippen molar-refractivity contribution in [2.24, 2.45) is 11.5 Å². The number of hydrogen-bond donors (Lipinski definition) is 2. The van der Waals surface area contributed by atoms with Crippen LogP contribution < -0.4 is 11.5 Å². The first kappa shape index (κ1) is 22.5. The Morgan fingerprint density at radius 1 is 0.594 bits per heavy atom. The van der Waals surface area contributed by atoms with E-state index in [4.69, 9.17) is 20.9 Å². The van der Waals surface area contributed by atoms with E-state index in [1.807, 2.05) is 24.3 Å². The Morgan fingerprint density at radius 2 is 0.938 bits per heavy atom. The van der Waals surface area contributed by atoms with Crippen LogP contribution in [0.3, 0.4) is 0 Å². The smallest absolute Gasteiger partial charge is 0.338 e. The molecule has 2 aliphatic rings. The van der Waals surface area contributed by atoms with Gasteiger partial charge in [0.2, 0.25) is 0 Å². The van der Waals surface area contributed by atoms with Gasteiger partial charge in [-0.05, 0) is 73.9 Å². The lowest BCUT2D eigenvalue weighted by Crippen LogP contribution is -2.40. The largest absolute Gasteiger partial charge is 0.457 e. The molecule has 0 radical (unpaired) electrons. The van der Waals surface area contributed by atoms with Crippen LogP contribution >= 0.6 is 0 Å². The summed E-state index contributed by atoms with van der Waals surface area (Å²) < 4.78 is 11.2. The van der Waals surface area contributed by atoms with Gasteiger partial charge in [0.1, 0.15) is 12.2 Å². The van der Waals surface area contributed by atoms with E-state index in [2.05, 4.69) is 0 Å². The molecule has 0 spiro atoms. The predicted molar refractivity (Wildman–Crippen MR) is 123 cm³/mol. The van der Waals surface area contributed by atoms with Gasteiger partial charge in [0.25, 0.3) is 0 Å². The van der Waals surface area contributed by atoms with E-state index < -0.39 is 0 Å². The minimum Gasteiger partial charge on any atom is -0.457 e. The number of carbonyl (C=O) groups excluding carboxylic acids is 2. The fourth-order valence-corrected chi connectivity index (χ4v) is 4.55. The quantitative estimate of drug-likeness (QED) is 0.681. The van der Waals surface area contributed by atoms with Crippen molar-refractivity contribution in [2.45, 2.75) is 75.7 Å². The topological polar surface area (TPSA) is 105 Å². The van der Waals surface area contributed by atoms with Crippen molar-refractivity contribution < 1.29 is 19.1 Å². The molecule has 32 heavy (non-hydrogen) atoms. The maximum atomic E-state index is 12.5. The van der Waals surface area contributed by atoms with Gasteiger partial charge >= 0.3 is 11.9 Å². The van der Waals surface area contributed by atoms with Crippen molar-refractivity contribution >= 4 is 11.9 Å². The van der Waals surface area contributed by atoms with E-state index in [-0.39, 0.29) is 36.2 Å². The average molecular weight is 437 g/mol. The Kier molecular flexibility index (Phi) is 7.22. The Morgan fingerprint density at radius 3 is 1.28 bits per heavy atom. The third-order valence-electron chi connectivity index (χ3n) is 6.60. The summed E-state index contributed by atoms with van der Waals surface area (Å²) in [6.07, 6.45) is 7.31. The van der Waals surface area contributed by atoms with Crippen LogP contribution in [0.15, 0.2) is 48.5 Å². The zero-order chi connectivity index (χ0) is 22.5. The standard InChI is InChI=1S/C26H32N2O4/c27-21-5-1-3-7-23(21)31-25(29)19-13-9-17(10-14-19)18-11-15-20(16-12-18)26(30)32-24-8-4-2-6-22(24)28/h9-16,21-24H,1-8,27-28H2. The average Bonchev–Trinajstić information content (AvgIpc) is 2.82. The van der Waals surface area contributed by atoms with E-state index in [0.717, 1.165) is 62.5 Å². The number of ether oxygens (including phenoxy) is 2. The van der Waals surface area contributed by atoms with E-state index in [1.54, 1.807) is 24.3 Å². The van der Waals surface area contributed by atoms with Crippen molar-refractivity contribution in [1.82, 2.24) is 0 Å². The summed E-state index contributed by atoms with van der Waals surface area (Å²) in [5.74, 6) is -0.671. The molecule has 4 rings (SSSR count). The monoisotopic (exact) mass is 436 g/mol. The number of hydrogen-bond acceptors (Lipinski definition) is 6. The molecule has 2 aromatic rings. The van der Waals surface area contributed by atoms with Crippen LogP contribution in [0.2, 0.25) is 0 Å². The summed E-state index contributed by atoms with van der Waals surface area (Å²) in [5, 5.41) is 0. The number of nitrogens with two attached hydrogens (primary N) is 2. The summed E-state index contributed by atoms with van der Waals surface area (Å²) in [5.41, 5.74) is 15.1. The van der Waals surface area contributed by atoms with Crippen LogP contribution in [-0.4, -0.2) is 36.2 Å². The molecule has 0 aliphatic heterocycles. The first-order valence-corrected chi connectivity index (χ1v) is 11.6. The third kappa shape index (κ3) is 5.37. The molecule has 4 N–H and O–H groups in total. The molecule has 170 valence electrons. The Bertz CT molecular complexity index is 848. The highest BCUT2D eigenvalue weighted by atomic mass is 16.5. The molecule has 2 fully saturated rings. The van der Waals surface area contributed by atoms with E-state index >= 15 is 0 Å². The van der Waals surface area contributed by atoms with Gasteiger partial charge in [-0.1, -0.05) is 37.1 Å². The second-order valence-electron chi connectivity index (χ2n) is 8.94. The Labute approximate surface area is 189 Å². The van der Waals surface area contributed by atoms with Gasteiger partial charge in [-0.3, -0.25) is 0 Å². The molecule has 0 aromatic heterocycles. The number of rotatable bonds is 5. The molecule has 0 heterocycles. The van der Waals surface area contributed by atoms with E-state index in [1.165, 1.54) is 0 Å². The first-order chi connectivity index (χ1) is 15.5. The molecule has 0 bridgehead atoms. The molecular formula is C26H32N2O4. The summed E-state index contributed by atoms with van der Waals surface area (Å²) in [6.45, 7) is 0. The summed E-state index contributed by atoms with van der Waals surface area (Å²) in [7, 11) is 0. The lowest BCUT2D eigenvalue weighted by molar-refractivity contribution is 0.0143. The molecule has 6 nitrogen and oxygen atoms in total. The van der Waals surface area contributed by atoms with Crippen LogP contribution in [0, 0.1) is 0 Å².